The molecule has 1 amide bonds. The highest BCUT2D eigenvalue weighted by Gasteiger charge is 2.25. The first-order chi connectivity index (χ1) is 12.5. The van der Waals surface area contributed by atoms with E-state index in [-0.39, 0.29) is 6.04 Å². The zero-order valence-electron chi connectivity index (χ0n) is 15.5. The fourth-order valence-electron chi connectivity index (χ4n) is 3.21. The summed E-state index contributed by atoms with van der Waals surface area (Å²) in [4.78, 5) is 25.5. The minimum atomic E-state index is -0.553. The van der Waals surface area contributed by atoms with Crippen molar-refractivity contribution in [3.63, 3.8) is 0 Å². The summed E-state index contributed by atoms with van der Waals surface area (Å²) in [7, 11) is 0. The Hall–Kier alpha value is -2.88. The molecule has 3 rings (SSSR count). The number of rotatable bonds is 6. The van der Waals surface area contributed by atoms with Gasteiger partial charge in [0.1, 0.15) is 5.69 Å². The van der Waals surface area contributed by atoms with E-state index < -0.39 is 11.7 Å². The fourth-order valence-corrected chi connectivity index (χ4v) is 3.21. The number of pyridine rings is 1. The fraction of sp³-hybridized carbons (Fsp3) is 0.273. The van der Waals surface area contributed by atoms with Crippen LogP contribution in [-0.2, 0) is 4.79 Å². The number of carbonyl (C=O) groups is 2. The Labute approximate surface area is 153 Å². The standard InChI is InChI=1S/C22H24N2O2/c1-4-7-16(3)23-22(26)21(25)20-19(17-11-9-15(2)10-12-17)14-18-8-5-6-13-24(18)20/h5-6,8-14,16H,4,7H2,1-3H3,(H,23,26)/t16-/m1/s1. The molecular weight excluding hydrogens is 324 g/mol. The van der Waals surface area contributed by atoms with E-state index in [4.69, 9.17) is 0 Å². The summed E-state index contributed by atoms with van der Waals surface area (Å²) in [5.41, 5.74) is 4.15. The molecule has 1 N–H and O–H groups in total. The first kappa shape index (κ1) is 17.9. The van der Waals surface area contributed by atoms with Crippen LogP contribution in [0.15, 0.2) is 54.7 Å². The normalized spacial score (nSPS) is 12.1. The van der Waals surface area contributed by atoms with E-state index >= 15 is 0 Å². The molecule has 0 bridgehead atoms. The third-order valence-electron chi connectivity index (χ3n) is 4.56. The molecule has 1 atom stereocenters. The van der Waals surface area contributed by atoms with E-state index in [1.54, 1.807) is 4.40 Å². The second kappa shape index (κ2) is 7.56. The van der Waals surface area contributed by atoms with E-state index in [0.717, 1.165) is 35.0 Å². The van der Waals surface area contributed by atoms with Crippen LogP contribution in [0.1, 0.15) is 42.7 Å². The number of amides is 1. The molecule has 0 radical (unpaired) electrons. The second-order valence-electron chi connectivity index (χ2n) is 6.76. The highest BCUT2D eigenvalue weighted by atomic mass is 16.2. The van der Waals surface area contributed by atoms with Crippen molar-refractivity contribution in [1.29, 1.82) is 0 Å². The Morgan fingerprint density at radius 2 is 1.85 bits per heavy atom. The topological polar surface area (TPSA) is 50.6 Å². The lowest BCUT2D eigenvalue weighted by atomic mass is 10.0. The summed E-state index contributed by atoms with van der Waals surface area (Å²) in [5, 5.41) is 2.82. The van der Waals surface area contributed by atoms with Gasteiger partial charge in [0.15, 0.2) is 0 Å². The van der Waals surface area contributed by atoms with Crippen molar-refractivity contribution < 1.29 is 9.59 Å². The minimum Gasteiger partial charge on any atom is -0.347 e. The van der Waals surface area contributed by atoms with Crippen LogP contribution in [0.2, 0.25) is 0 Å². The lowest BCUT2D eigenvalue weighted by Gasteiger charge is -2.13. The summed E-state index contributed by atoms with van der Waals surface area (Å²) in [5.74, 6) is -1.06. The Morgan fingerprint density at radius 3 is 2.54 bits per heavy atom. The third kappa shape index (κ3) is 3.54. The van der Waals surface area contributed by atoms with Gasteiger partial charge < -0.3 is 9.72 Å². The molecule has 0 fully saturated rings. The average Bonchev–Trinajstić information content (AvgIpc) is 3.01. The van der Waals surface area contributed by atoms with E-state index in [2.05, 4.69) is 12.2 Å². The van der Waals surface area contributed by atoms with Crippen LogP contribution in [0.25, 0.3) is 16.6 Å². The molecule has 0 aliphatic rings. The van der Waals surface area contributed by atoms with Gasteiger partial charge in [-0.05, 0) is 44.0 Å². The molecule has 134 valence electrons. The van der Waals surface area contributed by atoms with E-state index in [1.165, 1.54) is 0 Å². The van der Waals surface area contributed by atoms with E-state index in [0.29, 0.717) is 5.69 Å². The number of ketones is 1. The van der Waals surface area contributed by atoms with Crippen LogP contribution in [-0.4, -0.2) is 22.1 Å². The Morgan fingerprint density at radius 1 is 1.12 bits per heavy atom. The van der Waals surface area contributed by atoms with Gasteiger partial charge in [0.25, 0.3) is 11.7 Å². The number of hydrogen-bond acceptors (Lipinski definition) is 2. The minimum absolute atomic E-state index is 0.0227. The summed E-state index contributed by atoms with van der Waals surface area (Å²) >= 11 is 0. The molecule has 4 heteroatoms. The maximum atomic E-state index is 13.0. The summed E-state index contributed by atoms with van der Waals surface area (Å²) < 4.78 is 1.79. The quantitative estimate of drug-likeness (QED) is 0.530. The van der Waals surface area contributed by atoms with Crippen molar-refractivity contribution >= 4 is 17.2 Å². The lowest BCUT2D eigenvalue weighted by Crippen LogP contribution is -2.38. The number of benzene rings is 1. The number of carbonyl (C=O) groups excluding carboxylic acids is 2. The van der Waals surface area contributed by atoms with Crippen LogP contribution in [0, 0.1) is 6.92 Å². The molecule has 4 nitrogen and oxygen atoms in total. The van der Waals surface area contributed by atoms with Crippen LogP contribution in [0.5, 0.6) is 0 Å². The molecule has 2 aromatic heterocycles. The molecule has 26 heavy (non-hydrogen) atoms. The van der Waals surface area contributed by atoms with Gasteiger partial charge in [-0.25, -0.2) is 0 Å². The Bertz CT molecular complexity index is 938. The SMILES string of the molecule is CCC[C@@H](C)NC(=O)C(=O)c1c(-c2ccc(C)cc2)cc2ccccn12. The predicted octanol–water partition coefficient (Wildman–Crippen LogP) is 4.40. The number of aryl methyl sites for hydroxylation is 1. The van der Waals surface area contributed by atoms with Crippen molar-refractivity contribution in [3.05, 3.63) is 66.0 Å². The number of hydrogen-bond donors (Lipinski definition) is 1. The number of nitrogens with zero attached hydrogens (tertiary/aromatic N) is 1. The average molecular weight is 348 g/mol. The van der Waals surface area contributed by atoms with Gasteiger partial charge in [0.05, 0.1) is 0 Å². The van der Waals surface area contributed by atoms with E-state index in [9.17, 15) is 9.59 Å². The highest BCUT2D eigenvalue weighted by molar-refractivity contribution is 6.43. The van der Waals surface area contributed by atoms with Crippen LogP contribution < -0.4 is 5.32 Å². The van der Waals surface area contributed by atoms with E-state index in [1.807, 2.05) is 68.6 Å². The zero-order valence-corrected chi connectivity index (χ0v) is 15.5. The van der Waals surface area contributed by atoms with Crippen molar-refractivity contribution in [3.8, 4) is 11.1 Å². The van der Waals surface area contributed by atoms with Gasteiger partial charge in [-0.15, -0.1) is 0 Å². The van der Waals surface area contributed by atoms with Crippen molar-refractivity contribution in [2.24, 2.45) is 0 Å². The van der Waals surface area contributed by atoms with Gasteiger partial charge >= 0.3 is 0 Å². The van der Waals surface area contributed by atoms with Crippen LogP contribution in [0.4, 0.5) is 0 Å². The second-order valence-corrected chi connectivity index (χ2v) is 6.76. The summed E-state index contributed by atoms with van der Waals surface area (Å²) in [6, 6.07) is 15.6. The van der Waals surface area contributed by atoms with Crippen LogP contribution in [0.3, 0.4) is 0 Å². The Balaban J connectivity index is 2.05. The zero-order chi connectivity index (χ0) is 18.7. The molecule has 0 saturated carbocycles. The molecule has 0 spiro atoms. The molecule has 0 unspecified atom stereocenters. The summed E-state index contributed by atoms with van der Waals surface area (Å²) in [6.45, 7) is 6.00. The van der Waals surface area contributed by atoms with Crippen molar-refractivity contribution in [1.82, 2.24) is 9.72 Å². The maximum Gasteiger partial charge on any atom is 0.294 e. The number of aromatic nitrogens is 1. The number of Topliss-reactive ketones (excluding diaryl/α,β-unsaturated/α-hetero) is 1. The first-order valence-electron chi connectivity index (χ1n) is 9.03. The van der Waals surface area contributed by atoms with Gasteiger partial charge in [-0.2, -0.15) is 0 Å². The summed E-state index contributed by atoms with van der Waals surface area (Å²) in [6.07, 6.45) is 3.63. The van der Waals surface area contributed by atoms with Gasteiger partial charge in [-0.3, -0.25) is 9.59 Å². The van der Waals surface area contributed by atoms with Crippen LogP contribution >= 0.6 is 0 Å². The largest absolute Gasteiger partial charge is 0.347 e. The lowest BCUT2D eigenvalue weighted by molar-refractivity contribution is -0.117. The molecule has 3 aromatic rings. The molecular formula is C22H24N2O2. The number of nitrogens with one attached hydrogen (secondary N) is 1. The molecule has 0 aliphatic carbocycles. The van der Waals surface area contributed by atoms with Crippen molar-refractivity contribution in [2.45, 2.75) is 39.7 Å². The number of fused-ring (bicyclic) bond motifs is 1. The molecule has 1 aromatic carbocycles. The van der Waals surface area contributed by atoms with Gasteiger partial charge in [0.2, 0.25) is 0 Å². The molecule has 0 aliphatic heterocycles. The third-order valence-corrected chi connectivity index (χ3v) is 4.56. The highest BCUT2D eigenvalue weighted by Crippen LogP contribution is 2.28. The smallest absolute Gasteiger partial charge is 0.294 e. The van der Waals surface area contributed by atoms with Crippen molar-refractivity contribution in [2.75, 3.05) is 0 Å². The molecule has 0 saturated heterocycles. The Kier molecular flexibility index (Phi) is 5.21. The van der Waals surface area contributed by atoms with Gasteiger partial charge in [-0.1, -0.05) is 49.2 Å². The van der Waals surface area contributed by atoms with Gasteiger partial charge in [0, 0.05) is 23.3 Å². The maximum absolute atomic E-state index is 13.0. The molecule has 2 heterocycles. The monoisotopic (exact) mass is 348 g/mol. The first-order valence-corrected chi connectivity index (χ1v) is 9.03. The predicted molar refractivity (Wildman–Crippen MR) is 104 cm³/mol.